The monoisotopic (exact) mass is 399 g/mol. The number of amides is 3. The van der Waals surface area contributed by atoms with Crippen molar-refractivity contribution in [3.05, 3.63) is 36.4 Å². The van der Waals surface area contributed by atoms with Crippen LogP contribution < -0.4 is 15.0 Å². The van der Waals surface area contributed by atoms with Gasteiger partial charge < -0.3 is 19.9 Å². The summed E-state index contributed by atoms with van der Waals surface area (Å²) in [5.74, 6) is 1.52. The molecule has 0 bridgehead atoms. The highest BCUT2D eigenvalue weighted by molar-refractivity contribution is 5.97. The molecule has 4 rings (SSSR count). The lowest BCUT2D eigenvalue weighted by Crippen LogP contribution is -2.53. The molecule has 3 amide bonds. The summed E-state index contributed by atoms with van der Waals surface area (Å²) in [6, 6.07) is 7.08. The first kappa shape index (κ1) is 19.2. The highest BCUT2D eigenvalue weighted by atomic mass is 16.5. The summed E-state index contributed by atoms with van der Waals surface area (Å²) in [6.07, 6.45) is 1.80. The van der Waals surface area contributed by atoms with E-state index in [9.17, 15) is 9.59 Å². The Labute approximate surface area is 168 Å². The summed E-state index contributed by atoms with van der Waals surface area (Å²) in [5, 5.41) is 9.73. The van der Waals surface area contributed by atoms with Crippen LogP contribution in [-0.4, -0.2) is 82.8 Å². The van der Waals surface area contributed by atoms with Gasteiger partial charge in [-0.3, -0.25) is 14.8 Å². The van der Waals surface area contributed by atoms with Crippen molar-refractivity contribution in [1.82, 2.24) is 30.3 Å². The molecule has 1 aromatic heterocycles. The van der Waals surface area contributed by atoms with Crippen molar-refractivity contribution in [3.8, 4) is 5.75 Å². The smallest absolute Gasteiger partial charge is 0.317 e. The molecule has 3 heterocycles. The molecule has 2 N–H and O–H groups in total. The van der Waals surface area contributed by atoms with E-state index >= 15 is 0 Å². The maximum Gasteiger partial charge on any atom is 0.317 e. The summed E-state index contributed by atoms with van der Waals surface area (Å²) in [5.41, 5.74) is 0.784. The zero-order chi connectivity index (χ0) is 20.2. The first-order valence-electron chi connectivity index (χ1n) is 9.69. The van der Waals surface area contributed by atoms with Crippen LogP contribution in [0.1, 0.15) is 12.2 Å². The molecule has 0 aliphatic carbocycles. The van der Waals surface area contributed by atoms with E-state index in [4.69, 9.17) is 4.74 Å². The number of methoxy groups -OCH3 is 1. The van der Waals surface area contributed by atoms with E-state index in [0.717, 1.165) is 24.6 Å². The Morgan fingerprint density at radius 2 is 2.14 bits per heavy atom. The van der Waals surface area contributed by atoms with Crippen LogP contribution in [-0.2, 0) is 11.3 Å². The third-order valence-electron chi connectivity index (χ3n) is 5.32. The summed E-state index contributed by atoms with van der Waals surface area (Å²) < 4.78 is 5.23. The topological polar surface area (TPSA) is 107 Å². The maximum atomic E-state index is 12.6. The van der Waals surface area contributed by atoms with Gasteiger partial charge in [0.05, 0.1) is 19.7 Å². The second kappa shape index (κ2) is 8.48. The van der Waals surface area contributed by atoms with Gasteiger partial charge in [0.25, 0.3) is 0 Å². The number of benzene rings is 1. The number of anilines is 1. The van der Waals surface area contributed by atoms with Gasteiger partial charge in [-0.1, -0.05) is 6.07 Å². The fourth-order valence-electron chi connectivity index (χ4n) is 3.73. The molecule has 2 saturated heterocycles. The highest BCUT2D eigenvalue weighted by Crippen LogP contribution is 2.25. The van der Waals surface area contributed by atoms with Crippen molar-refractivity contribution in [1.29, 1.82) is 0 Å². The summed E-state index contributed by atoms with van der Waals surface area (Å²) >= 11 is 0. The lowest BCUT2D eigenvalue weighted by Gasteiger charge is -2.34. The van der Waals surface area contributed by atoms with Gasteiger partial charge in [0.2, 0.25) is 5.91 Å². The summed E-state index contributed by atoms with van der Waals surface area (Å²) in [7, 11) is 1.60. The average Bonchev–Trinajstić information content (AvgIpc) is 3.38. The number of ether oxygens (including phenoxy) is 1. The SMILES string of the molecule is COc1cccc(N2CC(NC(=O)N3CCN(Cc4ncn[nH]4)CC3)CC2=O)c1. The van der Waals surface area contributed by atoms with Gasteiger partial charge in [-0.2, -0.15) is 5.10 Å². The molecule has 2 aromatic rings. The van der Waals surface area contributed by atoms with E-state index in [1.54, 1.807) is 16.9 Å². The van der Waals surface area contributed by atoms with Gasteiger partial charge in [0.1, 0.15) is 17.9 Å². The average molecular weight is 399 g/mol. The minimum absolute atomic E-state index is 0.000398. The Morgan fingerprint density at radius 1 is 1.31 bits per heavy atom. The number of piperazine rings is 1. The Bertz CT molecular complexity index is 849. The number of nitrogens with one attached hydrogen (secondary N) is 2. The molecule has 0 saturated carbocycles. The molecule has 10 nitrogen and oxygen atoms in total. The largest absolute Gasteiger partial charge is 0.497 e. The van der Waals surface area contributed by atoms with Crippen molar-refractivity contribution in [2.45, 2.75) is 19.0 Å². The van der Waals surface area contributed by atoms with Crippen LogP contribution in [0.5, 0.6) is 5.75 Å². The third kappa shape index (κ3) is 4.48. The van der Waals surface area contributed by atoms with E-state index in [1.807, 2.05) is 24.3 Å². The lowest BCUT2D eigenvalue weighted by molar-refractivity contribution is -0.117. The lowest BCUT2D eigenvalue weighted by atomic mass is 10.2. The van der Waals surface area contributed by atoms with Crippen molar-refractivity contribution in [2.24, 2.45) is 0 Å². The minimum Gasteiger partial charge on any atom is -0.497 e. The number of rotatable bonds is 5. The number of aromatic amines is 1. The van der Waals surface area contributed by atoms with Gasteiger partial charge in [-0.25, -0.2) is 9.78 Å². The number of hydrogen-bond donors (Lipinski definition) is 2. The number of carbonyl (C=O) groups is 2. The molecule has 1 unspecified atom stereocenters. The minimum atomic E-state index is -0.201. The number of nitrogens with zero attached hydrogens (tertiary/aromatic N) is 5. The molecular weight excluding hydrogens is 374 g/mol. The number of carbonyl (C=O) groups excluding carboxylic acids is 2. The quantitative estimate of drug-likeness (QED) is 0.756. The first-order chi connectivity index (χ1) is 14.1. The molecule has 154 valence electrons. The fourth-order valence-corrected chi connectivity index (χ4v) is 3.73. The van der Waals surface area contributed by atoms with Crippen LogP contribution in [0.15, 0.2) is 30.6 Å². The standard InChI is InChI=1S/C19H25N7O3/c1-29-16-4-2-3-15(10-16)26-11-14(9-18(26)27)22-19(28)25-7-5-24(6-8-25)12-17-20-13-21-23-17/h2-4,10,13-14H,5-9,11-12H2,1H3,(H,22,28)(H,20,21,23). The van der Waals surface area contributed by atoms with Crippen LogP contribution >= 0.6 is 0 Å². The van der Waals surface area contributed by atoms with E-state index in [0.29, 0.717) is 38.3 Å². The van der Waals surface area contributed by atoms with Crippen molar-refractivity contribution < 1.29 is 14.3 Å². The van der Waals surface area contributed by atoms with Gasteiger partial charge in [0.15, 0.2) is 0 Å². The number of hydrogen-bond acceptors (Lipinski definition) is 6. The van der Waals surface area contributed by atoms with E-state index in [2.05, 4.69) is 25.4 Å². The van der Waals surface area contributed by atoms with Crippen molar-refractivity contribution in [3.63, 3.8) is 0 Å². The second-order valence-electron chi connectivity index (χ2n) is 7.25. The first-order valence-corrected chi connectivity index (χ1v) is 9.69. The van der Waals surface area contributed by atoms with Gasteiger partial charge in [-0.05, 0) is 12.1 Å². The third-order valence-corrected chi connectivity index (χ3v) is 5.32. The van der Waals surface area contributed by atoms with Crippen LogP contribution in [0.25, 0.3) is 0 Å². The van der Waals surface area contributed by atoms with Crippen LogP contribution in [0.4, 0.5) is 10.5 Å². The van der Waals surface area contributed by atoms with Gasteiger partial charge in [0, 0.05) is 50.9 Å². The van der Waals surface area contributed by atoms with Crippen LogP contribution in [0.3, 0.4) is 0 Å². The van der Waals surface area contributed by atoms with E-state index < -0.39 is 0 Å². The Morgan fingerprint density at radius 3 is 2.86 bits per heavy atom. The molecule has 2 aliphatic rings. The second-order valence-corrected chi connectivity index (χ2v) is 7.25. The molecule has 0 spiro atoms. The molecule has 2 fully saturated rings. The zero-order valence-electron chi connectivity index (χ0n) is 16.4. The van der Waals surface area contributed by atoms with Crippen LogP contribution in [0, 0.1) is 0 Å². The predicted molar refractivity (Wildman–Crippen MR) is 106 cm³/mol. The molecule has 0 radical (unpaired) electrons. The molecule has 1 atom stereocenters. The molecule has 2 aliphatic heterocycles. The Balaban J connectivity index is 1.27. The number of urea groups is 1. The molecule has 10 heteroatoms. The number of aromatic nitrogens is 3. The summed E-state index contributed by atoms with van der Waals surface area (Å²) in [4.78, 5) is 34.9. The maximum absolute atomic E-state index is 12.6. The molecular formula is C19H25N7O3. The van der Waals surface area contributed by atoms with Gasteiger partial charge in [-0.15, -0.1) is 0 Å². The van der Waals surface area contributed by atoms with E-state index in [-0.39, 0.29) is 18.0 Å². The summed E-state index contributed by atoms with van der Waals surface area (Å²) in [6.45, 7) is 3.98. The van der Waals surface area contributed by atoms with Crippen molar-refractivity contribution >= 4 is 17.6 Å². The molecule has 29 heavy (non-hydrogen) atoms. The Kier molecular flexibility index (Phi) is 5.61. The zero-order valence-corrected chi connectivity index (χ0v) is 16.4. The number of H-pyrrole nitrogens is 1. The fraction of sp³-hybridized carbons (Fsp3) is 0.474. The normalized spacial score (nSPS) is 20.2. The van der Waals surface area contributed by atoms with Crippen LogP contribution in [0.2, 0.25) is 0 Å². The van der Waals surface area contributed by atoms with Crippen molar-refractivity contribution in [2.75, 3.05) is 44.7 Å². The Hall–Kier alpha value is -3.14. The van der Waals surface area contributed by atoms with E-state index in [1.165, 1.54) is 6.33 Å². The van der Waals surface area contributed by atoms with Gasteiger partial charge >= 0.3 is 6.03 Å². The predicted octanol–water partition coefficient (Wildman–Crippen LogP) is 0.446. The highest BCUT2D eigenvalue weighted by Gasteiger charge is 2.33. The molecule has 1 aromatic carbocycles.